The third kappa shape index (κ3) is 4.10. The molecule has 0 bridgehead atoms. The molecule has 2 amide bonds. The number of carbonyl (C=O) groups is 3. The lowest BCUT2D eigenvalue weighted by Gasteiger charge is -2.37. The third-order valence-corrected chi connectivity index (χ3v) is 8.68. The van der Waals surface area contributed by atoms with Crippen LogP contribution in [0.2, 0.25) is 0 Å². The Kier molecular flexibility index (Phi) is 6.61. The topological polar surface area (TPSA) is 86.7 Å². The second kappa shape index (κ2) is 9.65. The summed E-state index contributed by atoms with van der Waals surface area (Å²) in [4.78, 5) is 42.0. The zero-order valence-corrected chi connectivity index (χ0v) is 19.8. The Balaban J connectivity index is 1.51. The molecule has 1 aromatic rings. The lowest BCUT2D eigenvalue weighted by molar-refractivity contribution is -0.153. The number of carbonyl (C=O) groups excluding carboxylic acids is 2. The second-order valence-corrected chi connectivity index (χ2v) is 10.8. The summed E-state index contributed by atoms with van der Waals surface area (Å²) in [7, 11) is 0. The van der Waals surface area contributed by atoms with Gasteiger partial charge in [-0.05, 0) is 30.7 Å². The van der Waals surface area contributed by atoms with Crippen LogP contribution >= 0.6 is 0 Å². The number of hydrogen-bond donors (Lipinski definition) is 2. The van der Waals surface area contributed by atoms with Gasteiger partial charge in [-0.15, -0.1) is 0 Å². The summed E-state index contributed by atoms with van der Waals surface area (Å²) in [6, 6.07) is 9.24. The van der Waals surface area contributed by atoms with Crippen LogP contribution in [0, 0.1) is 17.8 Å². The van der Waals surface area contributed by atoms with E-state index in [2.05, 4.69) is 5.32 Å². The Morgan fingerprint density at radius 1 is 0.971 bits per heavy atom. The number of amides is 2. The van der Waals surface area contributed by atoms with Gasteiger partial charge in [0.05, 0.1) is 11.8 Å². The average molecular weight is 465 g/mol. The molecule has 4 atom stereocenters. The molecular formula is C28H36N2O4. The van der Waals surface area contributed by atoms with Crippen molar-refractivity contribution >= 4 is 23.9 Å². The van der Waals surface area contributed by atoms with E-state index in [1.807, 2.05) is 42.5 Å². The smallest absolute Gasteiger partial charge is 0.324 e. The fraction of sp³-hybridized carbons (Fsp3) is 0.607. The predicted molar refractivity (Wildman–Crippen MR) is 130 cm³/mol. The first-order valence-electron chi connectivity index (χ1n) is 13.1. The number of aliphatic carboxylic acids is 1. The van der Waals surface area contributed by atoms with Gasteiger partial charge in [0, 0.05) is 12.1 Å². The van der Waals surface area contributed by atoms with Crippen molar-refractivity contribution in [2.24, 2.45) is 17.8 Å². The summed E-state index contributed by atoms with van der Waals surface area (Å²) in [6.45, 7) is 0. The van der Waals surface area contributed by atoms with Crippen LogP contribution in [0.15, 0.2) is 36.4 Å². The molecule has 182 valence electrons. The maximum atomic E-state index is 13.9. The van der Waals surface area contributed by atoms with Crippen LogP contribution in [0.4, 0.5) is 0 Å². The van der Waals surface area contributed by atoms with Crippen LogP contribution in [0.3, 0.4) is 0 Å². The molecule has 34 heavy (non-hydrogen) atoms. The van der Waals surface area contributed by atoms with Gasteiger partial charge in [-0.1, -0.05) is 93.9 Å². The first kappa shape index (κ1) is 23.3. The maximum absolute atomic E-state index is 13.9. The number of fused-ring (bicyclic) bond motifs is 1. The maximum Gasteiger partial charge on any atom is 0.324 e. The molecule has 4 unspecified atom stereocenters. The van der Waals surface area contributed by atoms with Crippen molar-refractivity contribution in [3.63, 3.8) is 0 Å². The van der Waals surface area contributed by atoms with Crippen molar-refractivity contribution in [1.82, 2.24) is 10.2 Å². The van der Waals surface area contributed by atoms with Crippen molar-refractivity contribution in [3.05, 3.63) is 42.0 Å². The Bertz CT molecular complexity index is 948. The highest BCUT2D eigenvalue weighted by atomic mass is 16.4. The van der Waals surface area contributed by atoms with E-state index in [-0.39, 0.29) is 23.8 Å². The van der Waals surface area contributed by atoms with Crippen LogP contribution in [0.25, 0.3) is 6.08 Å². The molecule has 0 spiro atoms. The second-order valence-electron chi connectivity index (χ2n) is 10.8. The van der Waals surface area contributed by atoms with Gasteiger partial charge >= 0.3 is 5.97 Å². The number of nitrogens with zero attached hydrogens (tertiary/aromatic N) is 1. The highest BCUT2D eigenvalue weighted by molar-refractivity contribution is 6.10. The summed E-state index contributed by atoms with van der Waals surface area (Å²) < 4.78 is 0. The number of imide groups is 1. The molecule has 2 saturated carbocycles. The SMILES string of the molecule is O=C1C2C(C=Cc3ccccc3)NC(CC3CCCCC3)(C(=O)O)C2C(=O)N1C1CCCCC1. The Labute approximate surface area is 201 Å². The number of nitrogens with one attached hydrogen (secondary N) is 1. The van der Waals surface area contributed by atoms with Crippen LogP contribution in [-0.4, -0.2) is 45.4 Å². The normalized spacial score (nSPS) is 33.1. The summed E-state index contributed by atoms with van der Waals surface area (Å²) in [5.41, 5.74) is -0.406. The minimum atomic E-state index is -1.39. The number of benzene rings is 1. The first-order valence-corrected chi connectivity index (χ1v) is 13.1. The third-order valence-electron chi connectivity index (χ3n) is 8.68. The summed E-state index contributed by atoms with van der Waals surface area (Å²) >= 11 is 0. The molecule has 2 saturated heterocycles. The summed E-state index contributed by atoms with van der Waals surface area (Å²) in [5, 5.41) is 13.9. The van der Waals surface area contributed by atoms with Crippen LogP contribution in [0.5, 0.6) is 0 Å². The number of rotatable bonds is 6. The Morgan fingerprint density at radius 3 is 2.26 bits per heavy atom. The fourth-order valence-electron chi connectivity index (χ4n) is 7.03. The van der Waals surface area contributed by atoms with Crippen molar-refractivity contribution in [3.8, 4) is 0 Å². The van der Waals surface area contributed by atoms with Crippen LogP contribution in [0.1, 0.15) is 76.2 Å². The van der Waals surface area contributed by atoms with Crippen LogP contribution < -0.4 is 5.32 Å². The van der Waals surface area contributed by atoms with Gasteiger partial charge in [0.15, 0.2) is 0 Å². The van der Waals surface area contributed by atoms with Crippen LogP contribution in [-0.2, 0) is 14.4 Å². The largest absolute Gasteiger partial charge is 0.480 e. The number of carboxylic acid groups (broad SMARTS) is 1. The van der Waals surface area contributed by atoms with Gasteiger partial charge < -0.3 is 5.11 Å². The van der Waals surface area contributed by atoms with E-state index in [0.29, 0.717) is 6.42 Å². The van der Waals surface area contributed by atoms with E-state index in [4.69, 9.17) is 0 Å². The van der Waals surface area contributed by atoms with E-state index < -0.39 is 29.4 Å². The average Bonchev–Trinajstić information content (AvgIpc) is 3.33. The minimum absolute atomic E-state index is 0.0840. The monoisotopic (exact) mass is 464 g/mol. The molecule has 2 heterocycles. The molecule has 4 fully saturated rings. The molecule has 2 aliphatic carbocycles. The van der Waals surface area contributed by atoms with Crippen molar-refractivity contribution in [2.75, 3.05) is 0 Å². The van der Waals surface area contributed by atoms with E-state index in [1.165, 1.54) is 11.3 Å². The molecule has 6 nitrogen and oxygen atoms in total. The fourth-order valence-corrected chi connectivity index (χ4v) is 7.03. The van der Waals surface area contributed by atoms with Gasteiger partial charge in [0.25, 0.3) is 0 Å². The molecule has 4 aliphatic rings. The minimum Gasteiger partial charge on any atom is -0.480 e. The molecule has 5 rings (SSSR count). The lowest BCUT2D eigenvalue weighted by Crippen LogP contribution is -2.58. The zero-order chi connectivity index (χ0) is 23.7. The van der Waals surface area contributed by atoms with Gasteiger partial charge in [0.1, 0.15) is 5.54 Å². The molecule has 2 aliphatic heterocycles. The highest BCUT2D eigenvalue weighted by Gasteiger charge is 2.68. The molecule has 6 heteroatoms. The first-order chi connectivity index (χ1) is 16.5. The molecule has 0 aromatic heterocycles. The zero-order valence-electron chi connectivity index (χ0n) is 19.8. The van der Waals surface area contributed by atoms with Crippen molar-refractivity contribution < 1.29 is 19.5 Å². The van der Waals surface area contributed by atoms with Gasteiger partial charge in [0.2, 0.25) is 11.8 Å². The lowest BCUT2D eigenvalue weighted by atomic mass is 9.72. The molecule has 0 radical (unpaired) electrons. The number of likely N-dealkylation sites (tertiary alicyclic amines) is 1. The molecule has 2 N–H and O–H groups in total. The quantitative estimate of drug-likeness (QED) is 0.610. The van der Waals surface area contributed by atoms with E-state index >= 15 is 0 Å². The van der Waals surface area contributed by atoms with E-state index in [1.54, 1.807) is 0 Å². The van der Waals surface area contributed by atoms with Gasteiger partial charge in [-0.2, -0.15) is 0 Å². The van der Waals surface area contributed by atoms with Crippen molar-refractivity contribution in [1.29, 1.82) is 0 Å². The number of hydrogen-bond acceptors (Lipinski definition) is 4. The molecule has 1 aromatic carbocycles. The Morgan fingerprint density at radius 2 is 1.62 bits per heavy atom. The van der Waals surface area contributed by atoms with E-state index in [9.17, 15) is 19.5 Å². The standard InChI is InChI=1S/C28H36N2O4/c31-25-23-22(17-16-19-10-4-1-5-11-19)29-28(27(33)34,18-20-12-6-2-7-13-20)24(23)26(32)30(25)21-14-8-3-9-15-21/h1,4-5,10-11,16-17,20-24,29H,2-3,6-9,12-15,18H2,(H,33,34). The van der Waals surface area contributed by atoms with E-state index in [0.717, 1.165) is 63.4 Å². The Hall–Kier alpha value is -2.47. The predicted octanol–water partition coefficient (Wildman–Crippen LogP) is 4.40. The highest BCUT2D eigenvalue weighted by Crippen LogP contribution is 2.49. The van der Waals surface area contributed by atoms with Crippen molar-refractivity contribution in [2.45, 2.75) is 88.3 Å². The van der Waals surface area contributed by atoms with Gasteiger partial charge in [-0.3, -0.25) is 24.6 Å². The summed E-state index contributed by atoms with van der Waals surface area (Å²) in [5.74, 6) is -2.66. The molecular weight excluding hydrogens is 428 g/mol. The number of carboxylic acids is 1. The van der Waals surface area contributed by atoms with Gasteiger partial charge in [-0.25, -0.2) is 0 Å². The summed E-state index contributed by atoms with van der Waals surface area (Å²) in [6.07, 6.45) is 14.5.